The van der Waals surface area contributed by atoms with E-state index in [4.69, 9.17) is 13.8 Å². The van der Waals surface area contributed by atoms with Gasteiger partial charge in [0.25, 0.3) is 11.6 Å². The lowest BCUT2D eigenvalue weighted by Crippen LogP contribution is -2.70. The minimum atomic E-state index is -4.14. The van der Waals surface area contributed by atoms with E-state index in [-0.39, 0.29) is 17.7 Å². The maximum atomic E-state index is 14.6. The number of β-lactam (4-membered cyclic amide) rings is 1. The highest BCUT2D eigenvalue weighted by Crippen LogP contribution is 2.68. The number of non-ortho nitro benzene ring substituents is 1. The third-order valence-electron chi connectivity index (χ3n) is 5.37. The van der Waals surface area contributed by atoms with Crippen LogP contribution in [0.5, 0.6) is 0 Å². The molecule has 0 radical (unpaired) electrons. The number of aliphatic imine (C=N–C) groups is 1. The molecule has 0 N–H and O–H groups in total. The summed E-state index contributed by atoms with van der Waals surface area (Å²) >= 11 is 2.65. The molecule has 1 aromatic rings. The summed E-state index contributed by atoms with van der Waals surface area (Å²) in [6, 6.07) is 5.83. The highest BCUT2D eigenvalue weighted by atomic mass is 32.2. The van der Waals surface area contributed by atoms with Gasteiger partial charge in [0.15, 0.2) is 0 Å². The van der Waals surface area contributed by atoms with Crippen molar-refractivity contribution in [2.24, 2.45) is 4.99 Å². The highest BCUT2D eigenvalue weighted by Gasteiger charge is 2.67. The Morgan fingerprint density at radius 3 is 2.26 bits per heavy atom. The molecule has 2 atom stereocenters. The molecular weight excluding hydrogens is 565 g/mol. The average molecular weight is 600 g/mol. The summed E-state index contributed by atoms with van der Waals surface area (Å²) in [7, 11) is -4.14. The Hall–Kier alpha value is -2.18. The van der Waals surface area contributed by atoms with Gasteiger partial charge in [0, 0.05) is 36.6 Å². The lowest BCUT2D eigenvalue weighted by Gasteiger charge is -2.56. The topological polar surface area (TPSA) is 138 Å². The maximum Gasteiger partial charge on any atom is 0.378 e. The molecular formula is C25H34N3O8PS2. The number of thioether (sulfide) groups is 2. The number of benzene rings is 1. The molecule has 2 aliphatic heterocycles. The lowest BCUT2D eigenvalue weighted by molar-refractivity contribution is -0.384. The number of carbonyl (C=O) groups is 2. The molecule has 1 aromatic carbocycles. The summed E-state index contributed by atoms with van der Waals surface area (Å²) in [5.41, 5.74) is -0.699. The Kier molecular flexibility index (Phi) is 9.13. The predicted molar refractivity (Wildman–Crippen MR) is 153 cm³/mol. The number of nitro benzene ring substituents is 1. The van der Waals surface area contributed by atoms with E-state index in [0.717, 1.165) is 0 Å². The van der Waals surface area contributed by atoms with E-state index in [1.165, 1.54) is 53.7 Å². The van der Waals surface area contributed by atoms with Crippen molar-refractivity contribution in [3.8, 4) is 0 Å². The number of fused-ring (bicyclic) bond motifs is 1. The van der Waals surface area contributed by atoms with E-state index in [1.54, 1.807) is 59.9 Å². The SMILES string of the molecule is CS[C@@]1(/N=C/c2ccc([N+](=O)[O-])cc2)C(=O)N2C(P(=O)(OC(C)(C)C)OC(C)(C)C)=C(COC(C)=O)CS[C@@H]21. The zero-order valence-electron chi connectivity index (χ0n) is 23.2. The molecule has 1 saturated heterocycles. The standard InChI is InChI=1S/C25H34N3O8PS2/c1-16(29)34-14-18-15-39-22-25(38-8,26-13-17-9-11-19(12-10-17)28(31)32)21(30)27(22)20(18)37(33,35-23(2,3)4)36-24(5,6)7/h9-13,22H,14-15H2,1-8H3/b26-13+/t22-,25+/m1/s1. The van der Waals surface area contributed by atoms with E-state index < -0.39 is 45.8 Å². The smallest absolute Gasteiger partial charge is 0.378 e. The maximum absolute atomic E-state index is 14.6. The van der Waals surface area contributed by atoms with Gasteiger partial charge < -0.3 is 4.74 Å². The first-order chi connectivity index (χ1) is 17.9. The van der Waals surface area contributed by atoms with Crippen LogP contribution < -0.4 is 0 Å². The summed E-state index contributed by atoms with van der Waals surface area (Å²) in [6.07, 6.45) is 3.27. The monoisotopic (exact) mass is 599 g/mol. The second-order valence-electron chi connectivity index (χ2n) is 11.0. The van der Waals surface area contributed by atoms with Crippen molar-refractivity contribution < 1.29 is 32.9 Å². The number of nitro groups is 1. The van der Waals surface area contributed by atoms with Gasteiger partial charge in [-0.2, -0.15) is 0 Å². The third kappa shape index (κ3) is 6.94. The average Bonchev–Trinajstić information content (AvgIpc) is 2.80. The minimum absolute atomic E-state index is 0.0519. The fraction of sp³-hybridized carbons (Fsp3) is 0.560. The van der Waals surface area contributed by atoms with Crippen LogP contribution in [-0.2, 0) is 27.9 Å². The van der Waals surface area contributed by atoms with Crippen LogP contribution in [0.2, 0.25) is 0 Å². The first-order valence-electron chi connectivity index (χ1n) is 12.1. The van der Waals surface area contributed by atoms with Gasteiger partial charge in [0.1, 0.15) is 17.4 Å². The van der Waals surface area contributed by atoms with E-state index in [9.17, 15) is 24.3 Å². The van der Waals surface area contributed by atoms with E-state index in [2.05, 4.69) is 4.99 Å². The van der Waals surface area contributed by atoms with Crippen LogP contribution in [0.3, 0.4) is 0 Å². The van der Waals surface area contributed by atoms with Gasteiger partial charge in [0.2, 0.25) is 4.87 Å². The van der Waals surface area contributed by atoms with Crippen molar-refractivity contribution in [1.82, 2.24) is 4.90 Å². The van der Waals surface area contributed by atoms with Gasteiger partial charge in [-0.05, 0) is 65.5 Å². The number of hydrogen-bond donors (Lipinski definition) is 0. The van der Waals surface area contributed by atoms with E-state index in [0.29, 0.717) is 16.9 Å². The molecule has 3 rings (SSSR count). The zero-order chi connectivity index (χ0) is 29.4. The van der Waals surface area contributed by atoms with E-state index >= 15 is 0 Å². The predicted octanol–water partition coefficient (Wildman–Crippen LogP) is 5.59. The Labute approximate surface area is 236 Å². The molecule has 214 valence electrons. The molecule has 11 nitrogen and oxygen atoms in total. The number of ether oxygens (including phenoxy) is 1. The Morgan fingerprint density at radius 2 is 1.79 bits per heavy atom. The van der Waals surface area contributed by atoms with Gasteiger partial charge in [0.05, 0.1) is 16.1 Å². The lowest BCUT2D eigenvalue weighted by atomic mass is 10.1. The molecule has 0 aromatic heterocycles. The first-order valence-corrected chi connectivity index (χ1v) is 15.9. The fourth-order valence-electron chi connectivity index (χ4n) is 3.96. The number of nitrogens with zero attached hydrogens (tertiary/aromatic N) is 3. The Morgan fingerprint density at radius 1 is 1.23 bits per heavy atom. The summed E-state index contributed by atoms with van der Waals surface area (Å²) in [6.45, 7) is 11.6. The van der Waals surface area contributed by atoms with Crippen LogP contribution in [0.15, 0.2) is 40.3 Å². The minimum Gasteiger partial charge on any atom is -0.461 e. The van der Waals surface area contributed by atoms with Crippen LogP contribution in [-0.4, -0.2) is 68.0 Å². The number of esters is 1. The largest absolute Gasteiger partial charge is 0.461 e. The van der Waals surface area contributed by atoms with Crippen LogP contribution in [0.25, 0.3) is 0 Å². The van der Waals surface area contributed by atoms with Crippen molar-refractivity contribution in [2.45, 2.75) is 69.9 Å². The summed E-state index contributed by atoms with van der Waals surface area (Å²) in [4.78, 5) is 40.8. The van der Waals surface area contributed by atoms with Crippen LogP contribution in [0.1, 0.15) is 54.0 Å². The second kappa shape index (κ2) is 11.4. The molecule has 0 saturated carbocycles. The number of amides is 1. The first kappa shape index (κ1) is 31.3. The van der Waals surface area contributed by atoms with Crippen LogP contribution >= 0.6 is 31.1 Å². The zero-order valence-corrected chi connectivity index (χ0v) is 25.8. The summed E-state index contributed by atoms with van der Waals surface area (Å²) < 4.78 is 32.0. The molecule has 2 heterocycles. The Bertz CT molecular complexity index is 1230. The number of rotatable bonds is 9. The van der Waals surface area contributed by atoms with Crippen molar-refractivity contribution in [3.05, 3.63) is 51.0 Å². The van der Waals surface area contributed by atoms with Gasteiger partial charge in [-0.1, -0.05) is 0 Å². The molecule has 0 bridgehead atoms. The molecule has 1 fully saturated rings. The molecule has 0 unspecified atom stereocenters. The summed E-state index contributed by atoms with van der Waals surface area (Å²) in [5.74, 6) is -0.633. The van der Waals surface area contributed by atoms with Crippen molar-refractivity contribution in [1.29, 1.82) is 0 Å². The number of carbonyl (C=O) groups excluding carboxylic acids is 2. The quantitative estimate of drug-likeness (QED) is 0.0882. The molecule has 2 aliphatic rings. The van der Waals surface area contributed by atoms with Gasteiger partial charge >= 0.3 is 13.6 Å². The van der Waals surface area contributed by atoms with Crippen molar-refractivity contribution in [3.63, 3.8) is 0 Å². The molecule has 0 aliphatic carbocycles. The van der Waals surface area contributed by atoms with E-state index in [1.807, 2.05) is 0 Å². The second-order valence-corrected chi connectivity index (χ2v) is 14.8. The number of hydrogen-bond acceptors (Lipinski definition) is 11. The molecule has 39 heavy (non-hydrogen) atoms. The molecule has 0 spiro atoms. The summed E-state index contributed by atoms with van der Waals surface area (Å²) in [5, 5.41) is 10.4. The fourth-order valence-corrected chi connectivity index (χ4v) is 9.35. The van der Waals surface area contributed by atoms with Gasteiger partial charge in [-0.3, -0.25) is 43.2 Å². The van der Waals surface area contributed by atoms with Gasteiger partial charge in [-0.15, -0.1) is 23.5 Å². The normalized spacial score (nSPS) is 22.1. The highest BCUT2D eigenvalue weighted by molar-refractivity contribution is 8.05. The van der Waals surface area contributed by atoms with Crippen molar-refractivity contribution >= 4 is 54.9 Å². The molecule has 14 heteroatoms. The van der Waals surface area contributed by atoms with Gasteiger partial charge in [-0.25, -0.2) is 0 Å². The van der Waals surface area contributed by atoms with Crippen LogP contribution in [0, 0.1) is 10.1 Å². The Balaban J connectivity index is 2.07. The van der Waals surface area contributed by atoms with Crippen LogP contribution in [0.4, 0.5) is 5.69 Å². The van der Waals surface area contributed by atoms with Crippen molar-refractivity contribution in [2.75, 3.05) is 18.6 Å². The third-order valence-corrected chi connectivity index (χ3v) is 10.7. The molecule has 1 amide bonds.